The standard InChI is InChI=1S/C18H17ClN4O2S/c19-12-4-5-14(21-9-12)16(24)22-13-3-1-2-11(8-13)18-6-7-25-10-15(18)26-17(20)23-18/h1-5,8-9,15H,6-7,10H2,(H2,20,23)(H,22,24)/t15-,18-/m1/s1. The van der Waals surface area contributed by atoms with Crippen LogP contribution >= 0.6 is 23.4 Å². The smallest absolute Gasteiger partial charge is 0.274 e. The minimum atomic E-state index is -0.397. The molecule has 0 aliphatic carbocycles. The van der Waals surface area contributed by atoms with Crippen LogP contribution in [0, 0.1) is 0 Å². The molecule has 1 amide bonds. The topological polar surface area (TPSA) is 89.6 Å². The summed E-state index contributed by atoms with van der Waals surface area (Å²) in [5, 5.41) is 4.11. The van der Waals surface area contributed by atoms with Crippen LogP contribution in [0.5, 0.6) is 0 Å². The number of pyridine rings is 1. The largest absolute Gasteiger partial charge is 0.380 e. The Labute approximate surface area is 160 Å². The minimum Gasteiger partial charge on any atom is -0.380 e. The molecule has 4 rings (SSSR count). The lowest BCUT2D eigenvalue weighted by Crippen LogP contribution is -2.41. The second-order valence-corrected chi connectivity index (χ2v) is 7.86. The second kappa shape index (κ2) is 6.90. The van der Waals surface area contributed by atoms with E-state index in [1.54, 1.807) is 23.9 Å². The van der Waals surface area contributed by atoms with Crippen LogP contribution in [0.1, 0.15) is 22.5 Å². The number of amides is 1. The van der Waals surface area contributed by atoms with Crippen molar-refractivity contribution in [2.45, 2.75) is 17.2 Å². The number of thioether (sulfide) groups is 1. The van der Waals surface area contributed by atoms with Crippen LogP contribution in [-0.4, -0.2) is 34.5 Å². The van der Waals surface area contributed by atoms with Gasteiger partial charge in [-0.1, -0.05) is 35.5 Å². The average molecular weight is 389 g/mol. The zero-order valence-electron chi connectivity index (χ0n) is 13.8. The lowest BCUT2D eigenvalue weighted by atomic mass is 9.83. The van der Waals surface area contributed by atoms with Crippen LogP contribution in [0.2, 0.25) is 5.02 Å². The Kier molecular flexibility index (Phi) is 4.60. The number of ether oxygens (including phenoxy) is 1. The molecule has 0 bridgehead atoms. The summed E-state index contributed by atoms with van der Waals surface area (Å²) in [5.74, 6) is -0.288. The van der Waals surface area contributed by atoms with Crippen molar-refractivity contribution < 1.29 is 9.53 Å². The monoisotopic (exact) mass is 388 g/mol. The summed E-state index contributed by atoms with van der Waals surface area (Å²) in [6.07, 6.45) is 2.22. The van der Waals surface area contributed by atoms with Gasteiger partial charge in [-0.05, 0) is 29.8 Å². The van der Waals surface area contributed by atoms with Gasteiger partial charge in [-0.2, -0.15) is 0 Å². The van der Waals surface area contributed by atoms with E-state index in [1.807, 2.05) is 24.3 Å². The molecule has 1 saturated heterocycles. The third-order valence-electron chi connectivity index (χ3n) is 4.58. The Bertz CT molecular complexity index is 874. The van der Waals surface area contributed by atoms with Crippen LogP contribution in [0.25, 0.3) is 0 Å². The molecule has 0 saturated carbocycles. The highest BCUT2D eigenvalue weighted by atomic mass is 35.5. The minimum absolute atomic E-state index is 0.153. The van der Waals surface area contributed by atoms with Crippen LogP contribution in [0.3, 0.4) is 0 Å². The highest BCUT2D eigenvalue weighted by Crippen LogP contribution is 2.47. The highest BCUT2D eigenvalue weighted by molar-refractivity contribution is 8.14. The molecule has 3 heterocycles. The van der Waals surface area contributed by atoms with Gasteiger partial charge >= 0.3 is 0 Å². The summed E-state index contributed by atoms with van der Waals surface area (Å²) in [5.41, 5.74) is 7.62. The molecule has 26 heavy (non-hydrogen) atoms. The molecule has 0 radical (unpaired) electrons. The lowest BCUT2D eigenvalue weighted by molar-refractivity contribution is 0.0611. The first-order chi connectivity index (χ1) is 12.6. The highest BCUT2D eigenvalue weighted by Gasteiger charge is 2.48. The van der Waals surface area contributed by atoms with E-state index in [0.29, 0.717) is 34.8 Å². The predicted octanol–water partition coefficient (Wildman–Crippen LogP) is 3.03. The quantitative estimate of drug-likeness (QED) is 0.843. The van der Waals surface area contributed by atoms with E-state index in [4.69, 9.17) is 27.1 Å². The molecule has 1 aromatic carbocycles. The number of rotatable bonds is 3. The SMILES string of the molecule is NC1=N[C@@]2(c3cccc(NC(=O)c4ccc(Cl)cn4)c3)CCOC[C@H]2S1. The van der Waals surface area contributed by atoms with Gasteiger partial charge in [0.2, 0.25) is 0 Å². The van der Waals surface area contributed by atoms with E-state index in [2.05, 4.69) is 10.3 Å². The fourth-order valence-electron chi connectivity index (χ4n) is 3.31. The number of benzene rings is 1. The molecule has 2 atom stereocenters. The Morgan fingerprint density at radius 3 is 3.08 bits per heavy atom. The Balaban J connectivity index is 1.60. The van der Waals surface area contributed by atoms with E-state index < -0.39 is 5.54 Å². The van der Waals surface area contributed by atoms with E-state index in [9.17, 15) is 4.79 Å². The number of nitrogens with zero attached hydrogens (tertiary/aromatic N) is 2. The van der Waals surface area contributed by atoms with Gasteiger partial charge in [0, 0.05) is 24.9 Å². The van der Waals surface area contributed by atoms with Crippen molar-refractivity contribution in [1.29, 1.82) is 0 Å². The van der Waals surface area contributed by atoms with Crippen LogP contribution < -0.4 is 11.1 Å². The van der Waals surface area contributed by atoms with Gasteiger partial charge in [0.1, 0.15) is 11.2 Å². The van der Waals surface area contributed by atoms with Crippen molar-refractivity contribution in [3.8, 4) is 0 Å². The molecule has 2 aliphatic rings. The summed E-state index contributed by atoms with van der Waals surface area (Å²) < 4.78 is 5.60. The number of hydrogen-bond acceptors (Lipinski definition) is 6. The van der Waals surface area contributed by atoms with E-state index in [-0.39, 0.29) is 11.2 Å². The summed E-state index contributed by atoms with van der Waals surface area (Å²) >= 11 is 7.37. The third-order valence-corrected chi connectivity index (χ3v) is 5.95. The summed E-state index contributed by atoms with van der Waals surface area (Å²) in [4.78, 5) is 21.2. The van der Waals surface area contributed by atoms with Crippen LogP contribution in [-0.2, 0) is 10.3 Å². The van der Waals surface area contributed by atoms with Gasteiger partial charge in [-0.15, -0.1) is 0 Å². The number of amidine groups is 1. The van der Waals surface area contributed by atoms with E-state index >= 15 is 0 Å². The number of carbonyl (C=O) groups is 1. The first kappa shape index (κ1) is 17.3. The fraction of sp³-hybridized carbons (Fsp3) is 0.278. The number of halogens is 1. The van der Waals surface area contributed by atoms with Gasteiger partial charge in [-0.25, -0.2) is 9.98 Å². The predicted molar refractivity (Wildman–Crippen MR) is 104 cm³/mol. The summed E-state index contributed by atoms with van der Waals surface area (Å²) in [7, 11) is 0. The lowest BCUT2D eigenvalue weighted by Gasteiger charge is -2.36. The molecule has 8 heteroatoms. The maximum absolute atomic E-state index is 12.4. The molecule has 0 spiro atoms. The van der Waals surface area contributed by atoms with E-state index in [0.717, 1.165) is 12.0 Å². The normalized spacial score (nSPS) is 24.7. The molecule has 134 valence electrons. The first-order valence-corrected chi connectivity index (χ1v) is 9.46. The number of anilines is 1. The third kappa shape index (κ3) is 3.18. The van der Waals surface area contributed by atoms with Gasteiger partial charge < -0.3 is 15.8 Å². The van der Waals surface area contributed by atoms with Gasteiger partial charge in [0.05, 0.1) is 16.9 Å². The van der Waals surface area contributed by atoms with E-state index in [1.165, 1.54) is 6.20 Å². The fourth-order valence-corrected chi connectivity index (χ4v) is 4.60. The second-order valence-electron chi connectivity index (χ2n) is 6.20. The maximum atomic E-state index is 12.4. The molecule has 1 aromatic heterocycles. The molecule has 0 unspecified atom stereocenters. The first-order valence-electron chi connectivity index (χ1n) is 8.20. The van der Waals surface area contributed by atoms with Crippen LogP contribution in [0.4, 0.5) is 5.69 Å². The molecule has 3 N–H and O–H groups in total. The molecular formula is C18H17ClN4O2S. The number of nitrogens with one attached hydrogen (secondary N) is 1. The number of fused-ring (bicyclic) bond motifs is 1. The summed E-state index contributed by atoms with van der Waals surface area (Å²) in [6.45, 7) is 1.25. The van der Waals surface area contributed by atoms with Gasteiger partial charge in [0.15, 0.2) is 5.17 Å². The van der Waals surface area contributed by atoms with Crippen molar-refractivity contribution in [1.82, 2.24) is 4.98 Å². The Morgan fingerprint density at radius 2 is 2.27 bits per heavy atom. The number of hydrogen-bond donors (Lipinski definition) is 2. The van der Waals surface area contributed by atoms with Gasteiger partial charge in [0.25, 0.3) is 5.91 Å². The zero-order chi connectivity index (χ0) is 18.1. The molecule has 2 aromatic rings. The average Bonchev–Trinajstić information content (AvgIpc) is 2.99. The summed E-state index contributed by atoms with van der Waals surface area (Å²) in [6, 6.07) is 11.0. The number of aromatic nitrogens is 1. The van der Waals surface area contributed by atoms with Crippen molar-refractivity contribution in [2.75, 3.05) is 18.5 Å². The molecular weight excluding hydrogens is 372 g/mol. The van der Waals surface area contributed by atoms with Gasteiger partial charge in [-0.3, -0.25) is 4.79 Å². The number of aliphatic imine (C=N–C) groups is 1. The molecule has 6 nitrogen and oxygen atoms in total. The van der Waals surface area contributed by atoms with Crippen molar-refractivity contribution in [3.05, 3.63) is 58.9 Å². The Hall–Kier alpha value is -2.09. The van der Waals surface area contributed by atoms with Crippen molar-refractivity contribution in [2.24, 2.45) is 10.7 Å². The molecule has 1 fully saturated rings. The van der Waals surface area contributed by atoms with Crippen molar-refractivity contribution in [3.63, 3.8) is 0 Å². The Morgan fingerprint density at radius 1 is 1.38 bits per heavy atom. The maximum Gasteiger partial charge on any atom is 0.274 e. The van der Waals surface area contributed by atoms with Crippen molar-refractivity contribution >= 4 is 40.1 Å². The van der Waals surface area contributed by atoms with Crippen LogP contribution in [0.15, 0.2) is 47.6 Å². The number of nitrogens with two attached hydrogens (primary N) is 1. The number of carbonyl (C=O) groups excluding carboxylic acids is 1. The zero-order valence-corrected chi connectivity index (χ0v) is 15.4. The molecule has 2 aliphatic heterocycles.